The van der Waals surface area contributed by atoms with Crippen molar-refractivity contribution in [2.24, 2.45) is 0 Å². The van der Waals surface area contributed by atoms with Gasteiger partial charge in [0.1, 0.15) is 11.5 Å². The molecule has 0 fully saturated rings. The molecule has 0 aliphatic carbocycles. The number of benzene rings is 2. The van der Waals surface area contributed by atoms with Crippen molar-refractivity contribution in [3.8, 4) is 11.5 Å². The van der Waals surface area contributed by atoms with Crippen molar-refractivity contribution in [2.75, 3.05) is 6.66 Å². The van der Waals surface area contributed by atoms with Gasteiger partial charge in [0.05, 0.1) is 6.66 Å². The van der Waals surface area contributed by atoms with Crippen LogP contribution in [0.2, 0.25) is 0 Å². The molecule has 0 bridgehead atoms. The monoisotopic (exact) mass is 332 g/mol. The quantitative estimate of drug-likeness (QED) is 0.662. The summed E-state index contributed by atoms with van der Waals surface area (Å²) in [6.07, 6.45) is 0. The zero-order valence-corrected chi connectivity index (χ0v) is 15.9. The van der Waals surface area contributed by atoms with Crippen LogP contribution < -0.4 is 9.05 Å². The van der Waals surface area contributed by atoms with Gasteiger partial charge in [-0.25, -0.2) is 4.57 Å². The molecule has 0 N–H and O–H groups in total. The van der Waals surface area contributed by atoms with Crippen LogP contribution in [-0.2, 0) is 4.57 Å². The average Bonchev–Trinajstić information content (AvgIpc) is 2.41. The van der Waals surface area contributed by atoms with E-state index in [4.69, 9.17) is 9.05 Å². The summed E-state index contributed by atoms with van der Waals surface area (Å²) in [7, 11) is -3.26. The maximum atomic E-state index is 12.8. The molecule has 2 aromatic carbocycles. The van der Waals surface area contributed by atoms with Gasteiger partial charge in [0, 0.05) is 0 Å². The van der Waals surface area contributed by atoms with Crippen molar-refractivity contribution in [1.29, 1.82) is 0 Å². The number of rotatable bonds is 4. The van der Waals surface area contributed by atoms with E-state index in [-0.39, 0.29) is 0 Å². The molecule has 0 aromatic heterocycles. The lowest BCUT2D eigenvalue weighted by Crippen LogP contribution is -2.02. The molecule has 2 aromatic rings. The van der Waals surface area contributed by atoms with Crippen LogP contribution >= 0.6 is 7.60 Å². The van der Waals surface area contributed by atoms with E-state index in [0.717, 1.165) is 22.3 Å². The topological polar surface area (TPSA) is 35.5 Å². The van der Waals surface area contributed by atoms with Crippen LogP contribution in [0.1, 0.15) is 33.4 Å². The van der Waals surface area contributed by atoms with E-state index in [1.165, 1.54) is 17.8 Å². The van der Waals surface area contributed by atoms with E-state index in [0.29, 0.717) is 11.5 Å². The normalized spacial score (nSPS) is 11.4. The molecule has 3 nitrogen and oxygen atoms in total. The summed E-state index contributed by atoms with van der Waals surface area (Å²) in [6, 6.07) is 7.90. The molecule has 0 saturated heterocycles. The minimum absolute atomic E-state index is 0.612. The van der Waals surface area contributed by atoms with Crippen molar-refractivity contribution >= 4 is 7.60 Å². The molecule has 4 heteroatoms. The predicted molar refractivity (Wildman–Crippen MR) is 96.1 cm³/mol. The zero-order valence-electron chi connectivity index (χ0n) is 15.0. The van der Waals surface area contributed by atoms with Crippen LogP contribution in [0.15, 0.2) is 24.3 Å². The Bertz CT molecular complexity index is 730. The van der Waals surface area contributed by atoms with Crippen LogP contribution in [0.3, 0.4) is 0 Å². The predicted octanol–water partition coefficient (Wildman–Crippen LogP) is 5.82. The van der Waals surface area contributed by atoms with E-state index < -0.39 is 7.60 Å². The molecule has 0 atom stereocenters. The Kier molecular flexibility index (Phi) is 4.91. The van der Waals surface area contributed by atoms with Crippen molar-refractivity contribution in [1.82, 2.24) is 0 Å². The molecule has 0 saturated carbocycles. The van der Waals surface area contributed by atoms with Crippen molar-refractivity contribution < 1.29 is 13.6 Å². The highest BCUT2D eigenvalue weighted by Gasteiger charge is 2.23. The molecular formula is C19H25O3P. The molecule has 0 aliphatic rings. The lowest BCUT2D eigenvalue weighted by atomic mass is 10.1. The summed E-state index contributed by atoms with van der Waals surface area (Å²) >= 11 is 0. The Morgan fingerprint density at radius 3 is 1.26 bits per heavy atom. The van der Waals surface area contributed by atoms with Gasteiger partial charge < -0.3 is 9.05 Å². The van der Waals surface area contributed by atoms with Gasteiger partial charge in [-0.3, -0.25) is 0 Å². The first kappa shape index (κ1) is 17.6. The van der Waals surface area contributed by atoms with Gasteiger partial charge in [-0.2, -0.15) is 0 Å². The lowest BCUT2D eigenvalue weighted by molar-refractivity contribution is 0.391. The minimum atomic E-state index is -3.26. The number of hydrogen-bond donors (Lipinski definition) is 0. The van der Waals surface area contributed by atoms with E-state index in [2.05, 4.69) is 0 Å². The summed E-state index contributed by atoms with van der Waals surface area (Å²) in [4.78, 5) is 0. The largest absolute Gasteiger partial charge is 0.427 e. The Balaban J connectivity index is 2.28. The zero-order chi connectivity index (χ0) is 17.4. The summed E-state index contributed by atoms with van der Waals surface area (Å²) in [5, 5.41) is 0. The molecular weight excluding hydrogens is 307 g/mol. The first-order valence-corrected chi connectivity index (χ1v) is 9.70. The van der Waals surface area contributed by atoms with Crippen molar-refractivity contribution in [3.63, 3.8) is 0 Å². The first-order chi connectivity index (χ1) is 10.6. The number of hydrogen-bond acceptors (Lipinski definition) is 3. The highest BCUT2D eigenvalue weighted by molar-refractivity contribution is 7.53. The highest BCUT2D eigenvalue weighted by Crippen LogP contribution is 2.47. The second-order valence-corrected chi connectivity index (χ2v) is 8.27. The van der Waals surface area contributed by atoms with Crippen molar-refractivity contribution in [3.05, 3.63) is 57.6 Å². The third-order valence-corrected chi connectivity index (χ3v) is 5.17. The van der Waals surface area contributed by atoms with Crippen LogP contribution in [0.25, 0.3) is 0 Å². The lowest BCUT2D eigenvalue weighted by Gasteiger charge is -2.20. The summed E-state index contributed by atoms with van der Waals surface area (Å²) in [5.41, 5.74) is 6.49. The van der Waals surface area contributed by atoms with Crippen LogP contribution in [-0.4, -0.2) is 6.66 Å². The maximum absolute atomic E-state index is 12.8. The number of aryl methyl sites for hydroxylation is 6. The van der Waals surface area contributed by atoms with Gasteiger partial charge in [0.2, 0.25) is 0 Å². The average molecular weight is 332 g/mol. The van der Waals surface area contributed by atoms with Crippen LogP contribution in [0.5, 0.6) is 11.5 Å². The van der Waals surface area contributed by atoms with Crippen molar-refractivity contribution in [2.45, 2.75) is 41.5 Å². The molecule has 0 unspecified atom stereocenters. The molecule has 0 amide bonds. The van der Waals surface area contributed by atoms with Gasteiger partial charge in [0.25, 0.3) is 0 Å². The SMILES string of the molecule is Cc1cc(C)c(OP(C)(=O)Oc2cc(C)c(C)cc2C)cc1C. The van der Waals surface area contributed by atoms with E-state index in [9.17, 15) is 4.57 Å². The Morgan fingerprint density at radius 2 is 0.913 bits per heavy atom. The van der Waals surface area contributed by atoms with Gasteiger partial charge in [-0.15, -0.1) is 0 Å². The van der Waals surface area contributed by atoms with E-state index in [1.807, 2.05) is 65.8 Å². The molecule has 0 heterocycles. The summed E-state index contributed by atoms with van der Waals surface area (Å²) in [6.45, 7) is 13.5. The third-order valence-electron chi connectivity index (χ3n) is 4.11. The molecule has 124 valence electrons. The highest BCUT2D eigenvalue weighted by atomic mass is 31.2. The smallest absolute Gasteiger partial charge is 0.416 e. The second kappa shape index (κ2) is 6.41. The standard InChI is InChI=1S/C19H25O3P/c1-12-8-16(5)18(10-14(12)3)21-23(7,20)22-19-11-15(4)13(2)9-17(19)6/h8-11H,1-7H3. The summed E-state index contributed by atoms with van der Waals surface area (Å²) < 4.78 is 24.3. The second-order valence-electron chi connectivity index (χ2n) is 6.36. The van der Waals surface area contributed by atoms with Gasteiger partial charge in [-0.1, -0.05) is 12.1 Å². The molecule has 0 aliphatic heterocycles. The fraction of sp³-hybridized carbons (Fsp3) is 0.368. The van der Waals surface area contributed by atoms with Gasteiger partial charge in [-0.05, 0) is 87.1 Å². The molecule has 2 rings (SSSR count). The Labute approximate surface area is 139 Å². The van der Waals surface area contributed by atoms with E-state index >= 15 is 0 Å². The Morgan fingerprint density at radius 1 is 0.609 bits per heavy atom. The van der Waals surface area contributed by atoms with Crippen LogP contribution in [0, 0.1) is 41.5 Å². The maximum Gasteiger partial charge on any atom is 0.427 e. The minimum Gasteiger partial charge on any atom is -0.416 e. The Hall–Kier alpha value is -1.73. The molecule has 0 spiro atoms. The molecule has 23 heavy (non-hydrogen) atoms. The van der Waals surface area contributed by atoms with Crippen LogP contribution in [0.4, 0.5) is 0 Å². The van der Waals surface area contributed by atoms with Gasteiger partial charge >= 0.3 is 7.60 Å². The van der Waals surface area contributed by atoms with Gasteiger partial charge in [0.15, 0.2) is 0 Å². The molecule has 0 radical (unpaired) electrons. The summed E-state index contributed by atoms with van der Waals surface area (Å²) in [5.74, 6) is 1.22. The first-order valence-electron chi connectivity index (χ1n) is 7.71. The third kappa shape index (κ3) is 4.17. The van der Waals surface area contributed by atoms with E-state index in [1.54, 1.807) is 0 Å². The fourth-order valence-electron chi connectivity index (χ4n) is 2.44. The fourth-order valence-corrected chi connectivity index (χ4v) is 3.59.